The second-order valence-electron chi connectivity index (χ2n) is 12.2. The van der Waals surface area contributed by atoms with Crippen molar-refractivity contribution in [2.45, 2.75) is 109 Å². The first-order valence-corrected chi connectivity index (χ1v) is 16.1. The summed E-state index contributed by atoms with van der Waals surface area (Å²) in [4.78, 5) is 76.6. The van der Waals surface area contributed by atoms with Gasteiger partial charge in [0.2, 0.25) is 0 Å². The van der Waals surface area contributed by atoms with Gasteiger partial charge in [0.15, 0.2) is 30.9 Å². The number of hydrogen-bond donors (Lipinski definition) is 1. The van der Waals surface area contributed by atoms with Gasteiger partial charge in [-0.25, -0.2) is 0 Å². The Morgan fingerprint density at radius 2 is 1.27 bits per heavy atom. The number of carbonyl (C=O) groups is 6. The predicted octanol–water partition coefficient (Wildman–Crippen LogP) is 0.478. The van der Waals surface area contributed by atoms with Crippen molar-refractivity contribution in [3.05, 3.63) is 47.0 Å². The molecule has 10 atom stereocenters. The zero-order chi connectivity index (χ0) is 37.6. The fourth-order valence-corrected chi connectivity index (χ4v) is 6.03. The van der Waals surface area contributed by atoms with Gasteiger partial charge < -0.3 is 47.7 Å². The van der Waals surface area contributed by atoms with Gasteiger partial charge in [-0.05, 0) is 19.4 Å². The van der Waals surface area contributed by atoms with E-state index >= 15 is 0 Å². The highest BCUT2D eigenvalue weighted by atomic mass is 16.8. The SMILES string of the molecule is CO[C@H]1O[C@H](COCc2ccccc2)[C@@H](O)[C@@H](O[C@@H]2O[C@H](COC(C)=O)[C@H](OC(C)=O)[C@H](OC(C)=O)[C@H]2OC(C)=O)[C@H]1N1C(=O)C(C)=C(C)C1=O. The lowest BCUT2D eigenvalue weighted by atomic mass is 9.94. The molecule has 0 spiro atoms. The lowest BCUT2D eigenvalue weighted by Gasteiger charge is -2.50. The van der Waals surface area contributed by atoms with Crippen LogP contribution in [0.3, 0.4) is 0 Å². The Labute approximate surface area is 293 Å². The minimum absolute atomic E-state index is 0.142. The fourth-order valence-electron chi connectivity index (χ4n) is 6.03. The van der Waals surface area contributed by atoms with Crippen LogP contribution in [0.2, 0.25) is 0 Å². The Kier molecular flexibility index (Phi) is 13.4. The number of esters is 4. The van der Waals surface area contributed by atoms with Crippen LogP contribution < -0.4 is 0 Å². The summed E-state index contributed by atoms with van der Waals surface area (Å²) in [5.41, 5.74) is 1.12. The third kappa shape index (κ3) is 9.35. The summed E-state index contributed by atoms with van der Waals surface area (Å²) >= 11 is 0. The van der Waals surface area contributed by atoms with E-state index in [4.69, 9.17) is 42.6 Å². The molecule has 0 unspecified atom stereocenters. The van der Waals surface area contributed by atoms with Crippen molar-refractivity contribution in [3.63, 3.8) is 0 Å². The second-order valence-corrected chi connectivity index (χ2v) is 12.2. The van der Waals surface area contributed by atoms with Crippen LogP contribution in [0.25, 0.3) is 0 Å². The van der Waals surface area contributed by atoms with E-state index in [2.05, 4.69) is 0 Å². The smallest absolute Gasteiger partial charge is 0.303 e. The molecule has 280 valence electrons. The maximum absolute atomic E-state index is 13.5. The Bertz CT molecular complexity index is 1470. The summed E-state index contributed by atoms with van der Waals surface area (Å²) in [6, 6.07) is 7.71. The van der Waals surface area contributed by atoms with Gasteiger partial charge in [0.25, 0.3) is 11.8 Å². The maximum Gasteiger partial charge on any atom is 0.303 e. The summed E-state index contributed by atoms with van der Waals surface area (Å²) in [5.74, 6) is -4.72. The van der Waals surface area contributed by atoms with Crippen LogP contribution in [0.4, 0.5) is 0 Å². The molecule has 0 radical (unpaired) electrons. The molecule has 2 fully saturated rings. The zero-order valence-corrected chi connectivity index (χ0v) is 29.3. The molecule has 0 saturated carbocycles. The number of benzene rings is 1. The molecule has 0 aromatic heterocycles. The normalized spacial score (nSPS) is 30.9. The Morgan fingerprint density at radius 1 is 0.725 bits per heavy atom. The molecule has 17 nitrogen and oxygen atoms in total. The highest BCUT2D eigenvalue weighted by molar-refractivity contribution is 6.19. The summed E-state index contributed by atoms with van der Waals surface area (Å²) < 4.78 is 51.6. The van der Waals surface area contributed by atoms with Crippen molar-refractivity contribution in [2.75, 3.05) is 20.3 Å². The Balaban J connectivity index is 1.76. The summed E-state index contributed by atoms with van der Waals surface area (Å²) in [6.45, 7) is 6.64. The lowest BCUT2D eigenvalue weighted by Crippen LogP contribution is -2.69. The molecule has 3 heterocycles. The van der Waals surface area contributed by atoms with E-state index in [1.165, 1.54) is 21.0 Å². The third-order valence-corrected chi connectivity index (χ3v) is 8.45. The molecule has 51 heavy (non-hydrogen) atoms. The van der Waals surface area contributed by atoms with Crippen LogP contribution in [0.5, 0.6) is 0 Å². The number of rotatable bonds is 13. The average molecular weight is 722 g/mol. The van der Waals surface area contributed by atoms with Crippen molar-refractivity contribution in [3.8, 4) is 0 Å². The van der Waals surface area contributed by atoms with E-state index in [1.54, 1.807) is 0 Å². The largest absolute Gasteiger partial charge is 0.463 e. The number of nitrogens with zero attached hydrogens (tertiary/aromatic N) is 1. The van der Waals surface area contributed by atoms with Gasteiger partial charge in [0.05, 0.1) is 13.2 Å². The van der Waals surface area contributed by atoms with Gasteiger partial charge in [-0.3, -0.25) is 33.7 Å². The van der Waals surface area contributed by atoms with Crippen molar-refractivity contribution >= 4 is 35.7 Å². The van der Waals surface area contributed by atoms with Crippen LogP contribution in [-0.2, 0) is 78.0 Å². The van der Waals surface area contributed by atoms with Crippen LogP contribution in [0, 0.1) is 0 Å². The van der Waals surface area contributed by atoms with Gasteiger partial charge in [-0.1, -0.05) is 30.3 Å². The quantitative estimate of drug-likeness (QED) is 0.167. The first-order chi connectivity index (χ1) is 24.1. The minimum Gasteiger partial charge on any atom is -0.463 e. The number of aliphatic hydroxyl groups is 1. The molecule has 2 amide bonds. The second kappa shape index (κ2) is 17.3. The molecule has 1 N–H and O–H groups in total. The van der Waals surface area contributed by atoms with Crippen molar-refractivity contribution < 1.29 is 76.5 Å². The van der Waals surface area contributed by atoms with Crippen LogP contribution in [0.15, 0.2) is 41.5 Å². The first kappa shape index (κ1) is 39.5. The highest BCUT2D eigenvalue weighted by Gasteiger charge is 2.58. The van der Waals surface area contributed by atoms with Gasteiger partial charge in [0.1, 0.15) is 37.1 Å². The van der Waals surface area contributed by atoms with E-state index in [0.29, 0.717) is 0 Å². The third-order valence-electron chi connectivity index (χ3n) is 8.45. The fraction of sp³-hybridized carbons (Fsp3) is 0.588. The van der Waals surface area contributed by atoms with Crippen molar-refractivity contribution in [2.24, 2.45) is 0 Å². The van der Waals surface area contributed by atoms with Gasteiger partial charge in [-0.2, -0.15) is 0 Å². The molecule has 17 heteroatoms. The number of carbonyl (C=O) groups excluding carboxylic acids is 6. The summed E-state index contributed by atoms with van der Waals surface area (Å²) in [7, 11) is 1.26. The Morgan fingerprint density at radius 3 is 1.82 bits per heavy atom. The van der Waals surface area contributed by atoms with Gasteiger partial charge >= 0.3 is 23.9 Å². The van der Waals surface area contributed by atoms with Crippen molar-refractivity contribution in [1.82, 2.24) is 4.90 Å². The van der Waals surface area contributed by atoms with Crippen LogP contribution >= 0.6 is 0 Å². The zero-order valence-electron chi connectivity index (χ0n) is 29.3. The first-order valence-electron chi connectivity index (χ1n) is 16.1. The van der Waals surface area contributed by atoms with Gasteiger partial charge in [0, 0.05) is 46.0 Å². The Hall–Kier alpha value is -4.26. The molecule has 4 rings (SSSR count). The van der Waals surface area contributed by atoms with E-state index in [1.807, 2.05) is 30.3 Å². The van der Waals surface area contributed by atoms with E-state index in [9.17, 15) is 33.9 Å². The average Bonchev–Trinajstić information content (AvgIpc) is 3.25. The van der Waals surface area contributed by atoms with E-state index in [0.717, 1.165) is 38.2 Å². The monoisotopic (exact) mass is 721 g/mol. The molecule has 1 aromatic carbocycles. The minimum atomic E-state index is -1.77. The van der Waals surface area contributed by atoms with E-state index < -0.39 is 104 Å². The number of imide groups is 1. The number of aliphatic hydroxyl groups excluding tert-OH is 1. The van der Waals surface area contributed by atoms with Crippen LogP contribution in [0.1, 0.15) is 47.1 Å². The molecule has 3 aliphatic rings. The molecule has 2 saturated heterocycles. The standard InChI is InChI=1S/C34H43NO16/c1-16-17(2)32(42)35(31(16)41)25-28(26(40)23(49-33(25)43-7)14-44-13-22-11-9-8-10-12-22)51-34-30(48-21(6)39)29(47-20(5)38)27(46-19(4)37)24(50-34)15-45-18(3)36/h8-12,23-30,33-34,40H,13-15H2,1-7H3/t23-,24-,25-,26-,27+,28+,29+,30-,33+,34+/m1/s1. The maximum atomic E-state index is 13.5. The van der Waals surface area contributed by atoms with E-state index in [-0.39, 0.29) is 24.4 Å². The van der Waals surface area contributed by atoms with Crippen LogP contribution in [-0.4, -0.2) is 127 Å². The predicted molar refractivity (Wildman–Crippen MR) is 169 cm³/mol. The molecule has 0 aliphatic carbocycles. The summed E-state index contributed by atoms with van der Waals surface area (Å²) in [5, 5.41) is 11.9. The summed E-state index contributed by atoms with van der Waals surface area (Å²) in [6.07, 6.45) is -13.7. The number of amides is 2. The molecule has 1 aromatic rings. The van der Waals surface area contributed by atoms with Crippen molar-refractivity contribution in [1.29, 1.82) is 0 Å². The topological polar surface area (TPSA) is 209 Å². The highest BCUT2D eigenvalue weighted by Crippen LogP contribution is 2.37. The molecule has 0 bridgehead atoms. The molecular formula is C34H43NO16. The lowest BCUT2D eigenvalue weighted by molar-refractivity contribution is -0.350. The van der Waals surface area contributed by atoms with Gasteiger partial charge in [-0.15, -0.1) is 0 Å². The number of hydrogen-bond acceptors (Lipinski definition) is 16. The molecular weight excluding hydrogens is 678 g/mol. The number of ether oxygens (including phenoxy) is 9. The molecule has 3 aliphatic heterocycles. The number of methoxy groups -OCH3 is 1.